The Morgan fingerprint density at radius 1 is 1.11 bits per heavy atom. The summed E-state index contributed by atoms with van der Waals surface area (Å²) in [4.78, 5) is 0. The van der Waals surface area contributed by atoms with Crippen molar-refractivity contribution >= 4 is 5.69 Å². The monoisotopic (exact) mass is 258 g/mol. The summed E-state index contributed by atoms with van der Waals surface area (Å²) in [5.74, 6) is -0.848. The molecule has 0 saturated carbocycles. The molecule has 0 aromatic heterocycles. The van der Waals surface area contributed by atoms with Crippen LogP contribution in [-0.2, 0) is 6.54 Å². The number of aryl methyl sites for hydroxylation is 1. The molecule has 0 bridgehead atoms. The average molecular weight is 258 g/mol. The van der Waals surface area contributed by atoms with Gasteiger partial charge in [-0.05, 0) is 31.2 Å². The Morgan fingerprint density at radius 3 is 2.58 bits per heavy atom. The highest BCUT2D eigenvalue weighted by atomic mass is 19.1. The van der Waals surface area contributed by atoms with Crippen LogP contribution in [0.25, 0.3) is 0 Å². The quantitative estimate of drug-likeness (QED) is 0.909. The van der Waals surface area contributed by atoms with E-state index < -0.39 is 5.82 Å². The fourth-order valence-corrected chi connectivity index (χ4v) is 1.76. The Kier molecular flexibility index (Phi) is 3.76. The van der Waals surface area contributed by atoms with E-state index in [1.165, 1.54) is 18.2 Å². The minimum Gasteiger partial charge on any atom is -0.378 e. The van der Waals surface area contributed by atoms with E-state index >= 15 is 0 Å². The summed E-state index contributed by atoms with van der Waals surface area (Å²) in [6.45, 7) is 2.06. The van der Waals surface area contributed by atoms with Crippen molar-refractivity contribution in [3.63, 3.8) is 0 Å². The molecule has 0 amide bonds. The molecular weight excluding hydrogens is 246 g/mol. The molecule has 2 aromatic carbocycles. The average Bonchev–Trinajstić information content (AvgIpc) is 2.40. The van der Waals surface area contributed by atoms with Gasteiger partial charge in [-0.25, -0.2) is 8.78 Å². The number of benzene rings is 2. The maximum Gasteiger partial charge on any atom is 0.147 e. The molecule has 19 heavy (non-hydrogen) atoms. The van der Waals surface area contributed by atoms with Crippen LogP contribution in [0.15, 0.2) is 36.4 Å². The molecule has 0 aliphatic rings. The third kappa shape index (κ3) is 3.08. The van der Waals surface area contributed by atoms with Gasteiger partial charge in [0.2, 0.25) is 0 Å². The van der Waals surface area contributed by atoms with E-state index in [9.17, 15) is 8.78 Å². The second kappa shape index (κ2) is 5.49. The van der Waals surface area contributed by atoms with Gasteiger partial charge in [0.25, 0.3) is 0 Å². The summed E-state index contributed by atoms with van der Waals surface area (Å²) in [6, 6.07) is 10.8. The fourth-order valence-electron chi connectivity index (χ4n) is 1.76. The fraction of sp³-hybridized carbons (Fsp3) is 0.133. The molecule has 2 nitrogen and oxygen atoms in total. The first-order valence-electron chi connectivity index (χ1n) is 5.78. The summed E-state index contributed by atoms with van der Waals surface area (Å²) in [5.41, 5.74) is 1.92. The standard InChI is InChI=1S/C15H12F2N2/c1-10-2-4-13(16)12(6-10)9-19-15-5-3-11(8-18)7-14(15)17/h2-7,19H,9H2,1H3. The summed E-state index contributed by atoms with van der Waals surface area (Å²) in [6.07, 6.45) is 0. The van der Waals surface area contributed by atoms with E-state index in [4.69, 9.17) is 5.26 Å². The molecule has 0 aliphatic heterocycles. The van der Waals surface area contributed by atoms with Crippen molar-refractivity contribution in [2.75, 3.05) is 5.32 Å². The second-order valence-corrected chi connectivity index (χ2v) is 4.25. The third-order valence-electron chi connectivity index (χ3n) is 2.77. The largest absolute Gasteiger partial charge is 0.378 e. The van der Waals surface area contributed by atoms with Crippen LogP contribution >= 0.6 is 0 Å². The SMILES string of the molecule is Cc1ccc(F)c(CNc2ccc(C#N)cc2F)c1. The molecule has 2 rings (SSSR count). The maximum atomic E-state index is 13.6. The molecule has 0 heterocycles. The number of nitrogens with zero attached hydrogens (tertiary/aromatic N) is 1. The number of nitrogens with one attached hydrogen (secondary N) is 1. The Bertz CT molecular complexity index is 645. The van der Waals surface area contributed by atoms with Crippen LogP contribution in [0.5, 0.6) is 0 Å². The number of hydrogen-bond donors (Lipinski definition) is 1. The van der Waals surface area contributed by atoms with E-state index in [0.717, 1.165) is 11.6 Å². The van der Waals surface area contributed by atoms with Crippen molar-refractivity contribution in [3.05, 3.63) is 64.7 Å². The zero-order valence-electron chi connectivity index (χ0n) is 10.4. The molecule has 0 radical (unpaired) electrons. The Hall–Kier alpha value is -2.41. The van der Waals surface area contributed by atoms with Gasteiger partial charge in [0.15, 0.2) is 0 Å². The van der Waals surface area contributed by atoms with Gasteiger partial charge in [-0.1, -0.05) is 17.7 Å². The van der Waals surface area contributed by atoms with Gasteiger partial charge in [0.1, 0.15) is 11.6 Å². The summed E-state index contributed by atoms with van der Waals surface area (Å²) in [7, 11) is 0. The lowest BCUT2D eigenvalue weighted by atomic mass is 10.1. The number of halogens is 2. The van der Waals surface area contributed by atoms with E-state index in [-0.39, 0.29) is 23.6 Å². The zero-order valence-corrected chi connectivity index (χ0v) is 10.4. The van der Waals surface area contributed by atoms with Crippen molar-refractivity contribution < 1.29 is 8.78 Å². The lowest BCUT2D eigenvalue weighted by molar-refractivity contribution is 0.610. The minimum absolute atomic E-state index is 0.191. The van der Waals surface area contributed by atoms with Gasteiger partial charge in [0, 0.05) is 12.1 Å². The van der Waals surface area contributed by atoms with Crippen LogP contribution in [0.1, 0.15) is 16.7 Å². The van der Waals surface area contributed by atoms with Crippen molar-refractivity contribution in [3.8, 4) is 6.07 Å². The van der Waals surface area contributed by atoms with Gasteiger partial charge in [-0.3, -0.25) is 0 Å². The third-order valence-corrected chi connectivity index (χ3v) is 2.77. The van der Waals surface area contributed by atoms with E-state index in [1.54, 1.807) is 12.1 Å². The second-order valence-electron chi connectivity index (χ2n) is 4.25. The smallest absolute Gasteiger partial charge is 0.147 e. The number of rotatable bonds is 3. The summed E-state index contributed by atoms with van der Waals surface area (Å²) < 4.78 is 27.1. The normalized spacial score (nSPS) is 10.0. The molecule has 0 unspecified atom stereocenters. The maximum absolute atomic E-state index is 13.6. The molecule has 4 heteroatoms. The number of hydrogen-bond acceptors (Lipinski definition) is 2. The zero-order chi connectivity index (χ0) is 13.8. The van der Waals surface area contributed by atoms with Gasteiger partial charge in [-0.15, -0.1) is 0 Å². The van der Waals surface area contributed by atoms with Crippen molar-refractivity contribution in [2.24, 2.45) is 0 Å². The van der Waals surface area contributed by atoms with Crippen molar-refractivity contribution in [2.45, 2.75) is 13.5 Å². The van der Waals surface area contributed by atoms with Crippen LogP contribution in [0.4, 0.5) is 14.5 Å². The summed E-state index contributed by atoms with van der Waals surface area (Å²) in [5, 5.41) is 11.5. The predicted molar refractivity (Wildman–Crippen MR) is 69.6 cm³/mol. The first kappa shape index (κ1) is 13.0. The molecule has 1 N–H and O–H groups in total. The molecule has 96 valence electrons. The van der Waals surface area contributed by atoms with Gasteiger partial charge in [-0.2, -0.15) is 5.26 Å². The molecule has 0 saturated heterocycles. The van der Waals surface area contributed by atoms with Gasteiger partial charge >= 0.3 is 0 Å². The molecular formula is C15H12F2N2. The number of nitriles is 1. The van der Waals surface area contributed by atoms with Crippen LogP contribution < -0.4 is 5.32 Å². The van der Waals surface area contributed by atoms with E-state index in [2.05, 4.69) is 5.32 Å². The van der Waals surface area contributed by atoms with Gasteiger partial charge in [0.05, 0.1) is 17.3 Å². The predicted octanol–water partition coefficient (Wildman–Crippen LogP) is 3.76. The molecule has 2 aromatic rings. The first-order chi connectivity index (χ1) is 9.10. The summed E-state index contributed by atoms with van der Waals surface area (Å²) >= 11 is 0. The van der Waals surface area contributed by atoms with Crippen LogP contribution in [0.3, 0.4) is 0 Å². The highest BCUT2D eigenvalue weighted by Crippen LogP contribution is 2.17. The minimum atomic E-state index is -0.521. The Morgan fingerprint density at radius 2 is 1.89 bits per heavy atom. The van der Waals surface area contributed by atoms with E-state index in [1.807, 2.05) is 13.0 Å². The lowest BCUT2D eigenvalue weighted by Gasteiger charge is -2.09. The lowest BCUT2D eigenvalue weighted by Crippen LogP contribution is -2.04. The Labute approximate surface area is 110 Å². The first-order valence-corrected chi connectivity index (χ1v) is 5.78. The molecule has 0 spiro atoms. The molecule has 0 aliphatic carbocycles. The number of anilines is 1. The van der Waals surface area contributed by atoms with Crippen molar-refractivity contribution in [1.82, 2.24) is 0 Å². The highest BCUT2D eigenvalue weighted by molar-refractivity contribution is 5.49. The van der Waals surface area contributed by atoms with Crippen molar-refractivity contribution in [1.29, 1.82) is 5.26 Å². The molecule has 0 fully saturated rings. The van der Waals surface area contributed by atoms with Gasteiger partial charge < -0.3 is 5.32 Å². The molecule has 0 atom stereocenters. The topological polar surface area (TPSA) is 35.8 Å². The highest BCUT2D eigenvalue weighted by Gasteiger charge is 2.06. The Balaban J connectivity index is 2.15. The van der Waals surface area contributed by atoms with E-state index in [0.29, 0.717) is 5.56 Å². The van der Waals surface area contributed by atoms with Crippen LogP contribution in [0, 0.1) is 29.9 Å². The van der Waals surface area contributed by atoms with Crippen LogP contribution in [-0.4, -0.2) is 0 Å². The van der Waals surface area contributed by atoms with Crippen LogP contribution in [0.2, 0.25) is 0 Å².